The Morgan fingerprint density at radius 3 is 2.38 bits per heavy atom. The largest absolute Gasteiger partial charge is 0.339 e. The lowest BCUT2D eigenvalue weighted by molar-refractivity contribution is -0.118. The molecule has 0 unspecified atom stereocenters. The van der Waals surface area contributed by atoms with Crippen LogP contribution in [0.15, 0.2) is 18.2 Å². The van der Waals surface area contributed by atoms with E-state index in [0.29, 0.717) is 16.3 Å². The van der Waals surface area contributed by atoms with Gasteiger partial charge < -0.3 is 16.0 Å². The lowest BCUT2D eigenvalue weighted by Gasteiger charge is -2.31. The topological polar surface area (TPSA) is 75.4 Å². The summed E-state index contributed by atoms with van der Waals surface area (Å²) in [6.45, 7) is 3.78. The fourth-order valence-electron chi connectivity index (χ4n) is 3.12. The van der Waals surface area contributed by atoms with E-state index < -0.39 is 6.04 Å². The summed E-state index contributed by atoms with van der Waals surface area (Å²) in [5, 5.41) is 3.09. The van der Waals surface area contributed by atoms with Crippen molar-refractivity contribution in [2.24, 2.45) is 11.7 Å². The second kappa shape index (κ2) is 10.1. The van der Waals surface area contributed by atoms with Crippen LogP contribution in [0.3, 0.4) is 0 Å². The predicted molar refractivity (Wildman–Crippen MR) is 109 cm³/mol. The maximum absolute atomic E-state index is 12.7. The highest BCUT2D eigenvalue weighted by Gasteiger charge is 2.24. The molecule has 5 nitrogen and oxygen atoms in total. The van der Waals surface area contributed by atoms with Crippen molar-refractivity contribution < 1.29 is 9.59 Å². The first kappa shape index (κ1) is 22.7. The first-order chi connectivity index (χ1) is 11.8. The number of carbonyl (C=O) groups is 2. The fraction of sp³-hybridized carbons (Fsp3) is 0.579. The summed E-state index contributed by atoms with van der Waals surface area (Å²) in [6, 6.07) is 4.66. The zero-order chi connectivity index (χ0) is 18.6. The standard InChI is InChI=1S/C19H28ClN3O2.ClH/c1-12(2)17(21)18(24)22-13-9-10-15(16(20)11-13)19(25)23(3)14-7-5-4-6-8-14;/h9-12,14,17H,4-8,21H2,1-3H3,(H,22,24);1H/t17-;/m0./s1. The van der Waals surface area contributed by atoms with Gasteiger partial charge in [0.25, 0.3) is 5.91 Å². The molecule has 3 N–H and O–H groups in total. The van der Waals surface area contributed by atoms with Gasteiger partial charge in [0.15, 0.2) is 0 Å². The highest BCUT2D eigenvalue weighted by Crippen LogP contribution is 2.26. The van der Waals surface area contributed by atoms with E-state index in [2.05, 4.69) is 5.32 Å². The number of amides is 2. The van der Waals surface area contributed by atoms with Crippen molar-refractivity contribution in [3.63, 3.8) is 0 Å². The number of nitrogens with one attached hydrogen (secondary N) is 1. The number of benzene rings is 1. The minimum absolute atomic E-state index is 0. The summed E-state index contributed by atoms with van der Waals surface area (Å²) in [7, 11) is 1.84. The van der Waals surface area contributed by atoms with Crippen molar-refractivity contribution in [2.75, 3.05) is 12.4 Å². The lowest BCUT2D eigenvalue weighted by atomic mass is 9.94. The van der Waals surface area contributed by atoms with Gasteiger partial charge in [0.2, 0.25) is 5.91 Å². The summed E-state index contributed by atoms with van der Waals surface area (Å²) in [5.74, 6) is -0.293. The number of rotatable bonds is 5. The van der Waals surface area contributed by atoms with Crippen LogP contribution in [0.2, 0.25) is 5.02 Å². The molecule has 0 aromatic heterocycles. The van der Waals surface area contributed by atoms with Gasteiger partial charge in [-0.1, -0.05) is 44.7 Å². The molecule has 1 aliphatic rings. The van der Waals surface area contributed by atoms with Gasteiger partial charge in [-0.05, 0) is 37.0 Å². The Kier molecular flexibility index (Phi) is 8.87. The van der Waals surface area contributed by atoms with Gasteiger partial charge in [-0.2, -0.15) is 0 Å². The van der Waals surface area contributed by atoms with Crippen LogP contribution in [0.5, 0.6) is 0 Å². The minimum Gasteiger partial charge on any atom is -0.339 e. The van der Waals surface area contributed by atoms with E-state index in [9.17, 15) is 9.59 Å². The number of hydrogen-bond acceptors (Lipinski definition) is 3. The highest BCUT2D eigenvalue weighted by atomic mass is 35.5. The van der Waals surface area contributed by atoms with E-state index in [1.165, 1.54) is 6.42 Å². The fourth-order valence-corrected chi connectivity index (χ4v) is 3.38. The normalized spacial score (nSPS) is 15.9. The molecular weight excluding hydrogens is 373 g/mol. The number of anilines is 1. The molecule has 1 atom stereocenters. The van der Waals surface area contributed by atoms with Gasteiger partial charge in [0, 0.05) is 18.8 Å². The molecule has 2 rings (SSSR count). The molecule has 7 heteroatoms. The van der Waals surface area contributed by atoms with Crippen molar-refractivity contribution in [1.29, 1.82) is 0 Å². The predicted octanol–water partition coefficient (Wildman–Crippen LogP) is 4.09. The van der Waals surface area contributed by atoms with Crippen LogP contribution >= 0.6 is 24.0 Å². The maximum Gasteiger partial charge on any atom is 0.255 e. The third kappa shape index (κ3) is 5.60. The third-order valence-electron chi connectivity index (χ3n) is 4.93. The van der Waals surface area contributed by atoms with Crippen molar-refractivity contribution in [3.05, 3.63) is 28.8 Å². The van der Waals surface area contributed by atoms with Crippen LogP contribution in [0.1, 0.15) is 56.3 Å². The Morgan fingerprint density at radius 2 is 1.85 bits per heavy atom. The average molecular weight is 402 g/mol. The molecule has 0 aliphatic heterocycles. The van der Waals surface area contributed by atoms with Crippen molar-refractivity contribution in [3.8, 4) is 0 Å². The number of hydrogen-bond donors (Lipinski definition) is 2. The molecule has 1 aromatic carbocycles. The van der Waals surface area contributed by atoms with Gasteiger partial charge in [-0.25, -0.2) is 0 Å². The molecule has 1 aromatic rings. The summed E-state index contributed by atoms with van der Waals surface area (Å²) in [5.41, 5.74) is 6.84. The molecular formula is C19H29Cl2N3O2. The zero-order valence-electron chi connectivity index (χ0n) is 15.6. The number of carbonyl (C=O) groups excluding carboxylic acids is 2. The first-order valence-corrected chi connectivity index (χ1v) is 9.32. The van der Waals surface area contributed by atoms with Gasteiger partial charge in [-0.3, -0.25) is 9.59 Å². The second-order valence-electron chi connectivity index (χ2n) is 7.16. The van der Waals surface area contributed by atoms with Crippen LogP contribution in [0.25, 0.3) is 0 Å². The van der Waals surface area contributed by atoms with Crippen molar-refractivity contribution >= 4 is 41.5 Å². The first-order valence-electron chi connectivity index (χ1n) is 8.94. The Balaban J connectivity index is 0.00000338. The van der Waals surface area contributed by atoms with Gasteiger partial charge in [-0.15, -0.1) is 12.4 Å². The Morgan fingerprint density at radius 1 is 1.23 bits per heavy atom. The summed E-state index contributed by atoms with van der Waals surface area (Å²) in [6.07, 6.45) is 5.66. The van der Waals surface area contributed by atoms with Crippen LogP contribution < -0.4 is 11.1 Å². The quantitative estimate of drug-likeness (QED) is 0.779. The monoisotopic (exact) mass is 401 g/mol. The van der Waals surface area contributed by atoms with E-state index in [4.69, 9.17) is 17.3 Å². The Labute approximate surface area is 167 Å². The minimum atomic E-state index is -0.586. The molecule has 26 heavy (non-hydrogen) atoms. The average Bonchev–Trinajstić information content (AvgIpc) is 2.60. The lowest BCUT2D eigenvalue weighted by Crippen LogP contribution is -2.39. The van der Waals surface area contributed by atoms with Crippen LogP contribution in [0, 0.1) is 5.92 Å². The molecule has 0 heterocycles. The number of nitrogens with zero attached hydrogens (tertiary/aromatic N) is 1. The van der Waals surface area contributed by atoms with E-state index in [-0.39, 0.29) is 36.2 Å². The van der Waals surface area contributed by atoms with Crippen molar-refractivity contribution in [2.45, 2.75) is 58.0 Å². The molecule has 0 saturated heterocycles. The van der Waals surface area contributed by atoms with Gasteiger partial charge >= 0.3 is 0 Å². The van der Waals surface area contributed by atoms with E-state index in [1.807, 2.05) is 20.9 Å². The van der Waals surface area contributed by atoms with Gasteiger partial charge in [0.1, 0.15) is 0 Å². The molecule has 0 radical (unpaired) electrons. The summed E-state index contributed by atoms with van der Waals surface area (Å²) < 4.78 is 0. The molecule has 1 saturated carbocycles. The van der Waals surface area contributed by atoms with E-state index in [1.54, 1.807) is 23.1 Å². The molecule has 146 valence electrons. The molecule has 1 aliphatic carbocycles. The highest BCUT2D eigenvalue weighted by molar-refractivity contribution is 6.34. The molecule has 0 spiro atoms. The van der Waals surface area contributed by atoms with Crippen molar-refractivity contribution in [1.82, 2.24) is 4.90 Å². The number of halogens is 2. The molecule has 2 amide bonds. The summed E-state index contributed by atoms with van der Waals surface area (Å²) >= 11 is 6.30. The molecule has 1 fully saturated rings. The van der Waals surface area contributed by atoms with Gasteiger partial charge in [0.05, 0.1) is 16.6 Å². The maximum atomic E-state index is 12.7. The molecule has 0 bridgehead atoms. The third-order valence-corrected chi connectivity index (χ3v) is 5.24. The Bertz CT molecular complexity index is 631. The second-order valence-corrected chi connectivity index (χ2v) is 7.57. The zero-order valence-corrected chi connectivity index (χ0v) is 17.2. The SMILES string of the molecule is CC(C)[C@H](N)C(=O)Nc1ccc(C(=O)N(C)C2CCCCC2)c(Cl)c1.Cl. The Hall–Kier alpha value is -1.30. The van der Waals surface area contributed by atoms with Crippen LogP contribution in [0.4, 0.5) is 5.69 Å². The van der Waals surface area contributed by atoms with E-state index in [0.717, 1.165) is 25.7 Å². The number of nitrogens with two attached hydrogens (primary N) is 1. The van der Waals surface area contributed by atoms with Crippen LogP contribution in [-0.2, 0) is 4.79 Å². The summed E-state index contributed by atoms with van der Waals surface area (Å²) in [4.78, 5) is 26.6. The van der Waals surface area contributed by atoms with Crippen LogP contribution in [-0.4, -0.2) is 35.8 Å². The van der Waals surface area contributed by atoms with E-state index >= 15 is 0 Å². The smallest absolute Gasteiger partial charge is 0.255 e.